The fourth-order valence-corrected chi connectivity index (χ4v) is 4.58. The van der Waals surface area contributed by atoms with Crippen LogP contribution in [0.25, 0.3) is 0 Å². The maximum atomic E-state index is 12.9. The summed E-state index contributed by atoms with van der Waals surface area (Å²) in [5, 5.41) is 19.4. The van der Waals surface area contributed by atoms with Crippen LogP contribution in [0.1, 0.15) is 48.2 Å². The molecule has 5 heteroatoms. The summed E-state index contributed by atoms with van der Waals surface area (Å²) in [6.07, 6.45) is 6.21. The highest BCUT2D eigenvalue weighted by Crippen LogP contribution is 2.47. The number of piperidine rings is 1. The first kappa shape index (κ1) is 16.2. The molecule has 25 heavy (non-hydrogen) atoms. The molecule has 1 amide bonds. The number of aliphatic hydroxyl groups is 1. The Kier molecular flexibility index (Phi) is 4.25. The van der Waals surface area contributed by atoms with Gasteiger partial charge in [0.05, 0.1) is 5.60 Å². The number of nitrogens with zero attached hydrogens (tertiary/aromatic N) is 3. The molecule has 0 spiro atoms. The molecule has 1 unspecified atom stereocenters. The van der Waals surface area contributed by atoms with E-state index in [4.69, 9.17) is 0 Å². The lowest BCUT2D eigenvalue weighted by Crippen LogP contribution is -2.59. The Morgan fingerprint density at radius 2 is 1.92 bits per heavy atom. The Morgan fingerprint density at radius 1 is 1.12 bits per heavy atom. The van der Waals surface area contributed by atoms with Gasteiger partial charge in [0, 0.05) is 24.7 Å². The van der Waals surface area contributed by atoms with Crippen LogP contribution >= 0.6 is 0 Å². The van der Waals surface area contributed by atoms with Crippen LogP contribution in [-0.4, -0.2) is 38.7 Å². The van der Waals surface area contributed by atoms with Crippen LogP contribution < -0.4 is 0 Å². The summed E-state index contributed by atoms with van der Waals surface area (Å²) in [6, 6.07) is 13.4. The Labute approximate surface area is 147 Å². The Morgan fingerprint density at radius 3 is 2.68 bits per heavy atom. The van der Waals surface area contributed by atoms with Crippen molar-refractivity contribution in [2.24, 2.45) is 5.92 Å². The predicted octanol–water partition coefficient (Wildman–Crippen LogP) is 2.77. The highest BCUT2D eigenvalue weighted by atomic mass is 16.3. The van der Waals surface area contributed by atoms with E-state index in [-0.39, 0.29) is 17.9 Å². The number of rotatable bonds is 2. The van der Waals surface area contributed by atoms with Gasteiger partial charge in [-0.25, -0.2) is 0 Å². The second-order valence-corrected chi connectivity index (χ2v) is 7.11. The van der Waals surface area contributed by atoms with Crippen LogP contribution in [0.3, 0.4) is 0 Å². The fraction of sp³-hybridized carbons (Fsp3) is 0.450. The highest BCUT2D eigenvalue weighted by molar-refractivity contribution is 5.92. The molecule has 2 fully saturated rings. The smallest absolute Gasteiger partial charge is 0.274 e. The summed E-state index contributed by atoms with van der Waals surface area (Å²) in [4.78, 5) is 14.9. The molecule has 0 bridgehead atoms. The van der Waals surface area contributed by atoms with E-state index in [1.165, 1.54) is 0 Å². The number of carbonyl (C=O) groups excluding carboxylic acids is 1. The molecule has 1 aliphatic carbocycles. The molecule has 4 rings (SSSR count). The van der Waals surface area contributed by atoms with E-state index in [2.05, 4.69) is 10.2 Å². The van der Waals surface area contributed by atoms with Crippen molar-refractivity contribution in [1.82, 2.24) is 15.1 Å². The fourth-order valence-electron chi connectivity index (χ4n) is 4.58. The molecular weight excluding hydrogens is 314 g/mol. The van der Waals surface area contributed by atoms with Crippen LogP contribution in [0.5, 0.6) is 0 Å². The number of fused-ring (bicyclic) bond motifs is 1. The molecule has 5 nitrogen and oxygen atoms in total. The average Bonchev–Trinajstić information content (AvgIpc) is 2.69. The van der Waals surface area contributed by atoms with Gasteiger partial charge < -0.3 is 10.0 Å². The molecule has 2 aliphatic rings. The largest absolute Gasteiger partial charge is 0.385 e. The number of carbonyl (C=O) groups is 1. The first-order valence-electron chi connectivity index (χ1n) is 9.07. The normalized spacial score (nSPS) is 29.1. The lowest BCUT2D eigenvalue weighted by molar-refractivity contribution is -0.110. The molecule has 1 aromatic heterocycles. The Balaban J connectivity index is 1.66. The Hall–Kier alpha value is -2.27. The van der Waals surface area contributed by atoms with Crippen molar-refractivity contribution in [2.75, 3.05) is 6.54 Å². The summed E-state index contributed by atoms with van der Waals surface area (Å²) in [5.41, 5.74) is 0.501. The van der Waals surface area contributed by atoms with E-state index in [0.717, 1.165) is 31.2 Å². The van der Waals surface area contributed by atoms with E-state index in [0.29, 0.717) is 18.7 Å². The monoisotopic (exact) mass is 337 g/mol. The molecule has 1 saturated heterocycles. The maximum Gasteiger partial charge on any atom is 0.274 e. The van der Waals surface area contributed by atoms with E-state index in [1.807, 2.05) is 35.2 Å². The van der Waals surface area contributed by atoms with Crippen molar-refractivity contribution in [1.29, 1.82) is 0 Å². The van der Waals surface area contributed by atoms with Crippen molar-refractivity contribution >= 4 is 5.91 Å². The van der Waals surface area contributed by atoms with Crippen LogP contribution in [-0.2, 0) is 5.60 Å². The lowest BCUT2D eigenvalue weighted by Gasteiger charge is -2.52. The minimum atomic E-state index is -0.856. The zero-order valence-electron chi connectivity index (χ0n) is 14.2. The number of amides is 1. The van der Waals surface area contributed by atoms with Crippen molar-refractivity contribution in [3.05, 3.63) is 59.9 Å². The highest BCUT2D eigenvalue weighted by Gasteiger charge is 2.50. The summed E-state index contributed by atoms with van der Waals surface area (Å²) < 4.78 is 0. The number of likely N-dealkylation sites (tertiary alicyclic amines) is 1. The zero-order chi connectivity index (χ0) is 17.3. The number of hydrogen-bond acceptors (Lipinski definition) is 4. The summed E-state index contributed by atoms with van der Waals surface area (Å²) in [6.45, 7) is 0.544. The number of aromatic nitrogens is 2. The van der Waals surface area contributed by atoms with Gasteiger partial charge in [-0.15, -0.1) is 5.10 Å². The van der Waals surface area contributed by atoms with E-state index >= 15 is 0 Å². The topological polar surface area (TPSA) is 66.3 Å². The van der Waals surface area contributed by atoms with E-state index in [9.17, 15) is 9.90 Å². The average molecular weight is 337 g/mol. The van der Waals surface area contributed by atoms with Crippen LogP contribution in [0.4, 0.5) is 0 Å². The first-order valence-corrected chi connectivity index (χ1v) is 9.07. The van der Waals surface area contributed by atoms with Gasteiger partial charge in [-0.1, -0.05) is 43.2 Å². The first-order chi connectivity index (χ1) is 12.2. The van der Waals surface area contributed by atoms with Crippen LogP contribution in [0.2, 0.25) is 0 Å². The third-order valence-corrected chi connectivity index (χ3v) is 5.80. The molecule has 2 heterocycles. The number of hydrogen-bond donors (Lipinski definition) is 1. The third kappa shape index (κ3) is 2.82. The minimum absolute atomic E-state index is 0.0576. The molecular formula is C20H23N3O2. The van der Waals surface area contributed by atoms with E-state index < -0.39 is 5.60 Å². The zero-order valence-corrected chi connectivity index (χ0v) is 14.2. The lowest BCUT2D eigenvalue weighted by atomic mass is 9.66. The number of benzene rings is 1. The van der Waals surface area contributed by atoms with Gasteiger partial charge in [0.2, 0.25) is 0 Å². The molecule has 3 atom stereocenters. The molecule has 1 aliphatic heterocycles. The minimum Gasteiger partial charge on any atom is -0.385 e. The van der Waals surface area contributed by atoms with Gasteiger partial charge in [0.15, 0.2) is 5.69 Å². The maximum absolute atomic E-state index is 12.9. The second-order valence-electron chi connectivity index (χ2n) is 7.11. The van der Waals surface area contributed by atoms with E-state index in [1.54, 1.807) is 18.3 Å². The standard InChI is InChI=1S/C20H23N3O2/c24-19(17-10-6-13-21-22-17)23-14-12-20(25,15-7-2-1-3-8-15)16-9-4-5-11-18(16)23/h1-3,6-8,10,13,16,18,25H,4-5,9,11-12,14H2/t16-,18+,20?/m1/s1. The van der Waals surface area contributed by atoms with Gasteiger partial charge >= 0.3 is 0 Å². The molecule has 1 N–H and O–H groups in total. The second kappa shape index (κ2) is 6.56. The summed E-state index contributed by atoms with van der Waals surface area (Å²) >= 11 is 0. The van der Waals surface area contributed by atoms with Crippen molar-refractivity contribution < 1.29 is 9.90 Å². The molecule has 130 valence electrons. The quantitative estimate of drug-likeness (QED) is 0.915. The van der Waals surface area contributed by atoms with Gasteiger partial charge in [-0.2, -0.15) is 5.10 Å². The van der Waals surface area contributed by atoms with Gasteiger partial charge in [0.25, 0.3) is 5.91 Å². The third-order valence-electron chi connectivity index (χ3n) is 5.80. The summed E-state index contributed by atoms with van der Waals surface area (Å²) in [7, 11) is 0. The van der Waals surface area contributed by atoms with Crippen molar-refractivity contribution in [3.8, 4) is 0 Å². The van der Waals surface area contributed by atoms with Crippen LogP contribution in [0, 0.1) is 5.92 Å². The molecule has 1 aromatic carbocycles. The summed E-state index contributed by atoms with van der Waals surface area (Å²) in [5.74, 6) is -0.00173. The SMILES string of the molecule is O=C(c1cccnn1)N1CCC(O)(c2ccccc2)[C@@H]2CCCC[C@@H]21. The van der Waals surface area contributed by atoms with Crippen molar-refractivity contribution in [3.63, 3.8) is 0 Å². The molecule has 2 aromatic rings. The molecule has 1 saturated carbocycles. The Bertz CT molecular complexity index is 737. The van der Waals surface area contributed by atoms with Crippen molar-refractivity contribution in [2.45, 2.75) is 43.7 Å². The predicted molar refractivity (Wildman–Crippen MR) is 93.8 cm³/mol. The van der Waals surface area contributed by atoms with Gasteiger partial charge in [-0.3, -0.25) is 4.79 Å². The van der Waals surface area contributed by atoms with Gasteiger partial charge in [0.1, 0.15) is 0 Å². The van der Waals surface area contributed by atoms with Gasteiger partial charge in [-0.05, 0) is 37.0 Å². The van der Waals surface area contributed by atoms with Crippen LogP contribution in [0.15, 0.2) is 48.7 Å². The molecule has 0 radical (unpaired) electrons.